The Kier molecular flexibility index (Phi) is 3.29. The molecule has 1 aromatic heterocycles. The first kappa shape index (κ1) is 11.9. The van der Waals surface area contributed by atoms with Crippen molar-refractivity contribution in [2.75, 3.05) is 0 Å². The van der Waals surface area contributed by atoms with Gasteiger partial charge in [-0.1, -0.05) is 20.8 Å². The van der Waals surface area contributed by atoms with Gasteiger partial charge in [0.15, 0.2) is 0 Å². The van der Waals surface area contributed by atoms with Crippen LogP contribution in [0.15, 0.2) is 17.1 Å². The van der Waals surface area contributed by atoms with Crippen molar-refractivity contribution in [2.45, 2.75) is 33.1 Å². The second-order valence-corrected chi connectivity index (χ2v) is 5.47. The summed E-state index contributed by atoms with van der Waals surface area (Å²) in [6.07, 6.45) is 1.61. The summed E-state index contributed by atoms with van der Waals surface area (Å²) in [6, 6.07) is 2.01. The molecule has 1 rings (SSSR count). The van der Waals surface area contributed by atoms with E-state index in [1.54, 1.807) is 17.4 Å². The third-order valence-corrected chi connectivity index (χ3v) is 3.00. The van der Waals surface area contributed by atoms with Crippen LogP contribution in [0.4, 0.5) is 0 Å². The Morgan fingerprint density at radius 2 is 2.13 bits per heavy atom. The van der Waals surface area contributed by atoms with Crippen molar-refractivity contribution in [3.05, 3.63) is 37.7 Å². The largest absolute Gasteiger partial charge is 0.259 e. The molecule has 0 saturated carbocycles. The predicted octanol–water partition coefficient (Wildman–Crippen LogP) is 3.68. The first-order chi connectivity index (χ1) is 6.80. The van der Waals surface area contributed by atoms with Gasteiger partial charge in [-0.25, -0.2) is 0 Å². The van der Waals surface area contributed by atoms with Gasteiger partial charge in [0.25, 0.3) is 0 Å². The first-order valence-electron chi connectivity index (χ1n) is 4.72. The van der Waals surface area contributed by atoms with E-state index >= 15 is 0 Å². The molecule has 0 bridgehead atoms. The van der Waals surface area contributed by atoms with Crippen LogP contribution in [0.25, 0.3) is 6.08 Å². The molecule has 0 spiro atoms. The van der Waals surface area contributed by atoms with Gasteiger partial charge in [0.1, 0.15) is 0 Å². The monoisotopic (exact) mass is 225 g/mol. The highest BCUT2D eigenvalue weighted by atomic mass is 32.1. The van der Waals surface area contributed by atoms with Crippen molar-refractivity contribution < 1.29 is 4.92 Å². The molecule has 0 fully saturated rings. The van der Waals surface area contributed by atoms with E-state index in [1.165, 1.54) is 12.5 Å². The molecule has 0 aliphatic carbocycles. The summed E-state index contributed by atoms with van der Waals surface area (Å²) >= 11 is 1.54. The number of hydrogen-bond acceptors (Lipinski definition) is 3. The van der Waals surface area contributed by atoms with Crippen LogP contribution in [-0.2, 0) is 5.41 Å². The van der Waals surface area contributed by atoms with Crippen LogP contribution in [0, 0.1) is 10.1 Å². The van der Waals surface area contributed by atoms with Gasteiger partial charge in [-0.15, -0.1) is 11.3 Å². The Hall–Kier alpha value is -1.16. The molecule has 0 atom stereocenters. The van der Waals surface area contributed by atoms with E-state index in [4.69, 9.17) is 0 Å². The smallest absolute Gasteiger partial charge is 0.244 e. The number of thiophene rings is 1. The number of nitrogens with zero attached hydrogens (tertiary/aromatic N) is 1. The van der Waals surface area contributed by atoms with E-state index in [-0.39, 0.29) is 16.0 Å². The minimum atomic E-state index is -0.365. The van der Waals surface area contributed by atoms with E-state index in [0.29, 0.717) is 0 Å². The van der Waals surface area contributed by atoms with Crippen molar-refractivity contribution >= 4 is 17.4 Å². The molecule has 82 valence electrons. The fourth-order valence-corrected chi connectivity index (χ4v) is 2.20. The lowest BCUT2D eigenvalue weighted by Crippen LogP contribution is -2.08. The summed E-state index contributed by atoms with van der Waals surface area (Å²) in [5.41, 5.74) is 1.50. The maximum atomic E-state index is 10.4. The highest BCUT2D eigenvalue weighted by Gasteiger charge is 2.15. The zero-order chi connectivity index (χ0) is 11.6. The average molecular weight is 225 g/mol. The minimum absolute atomic E-state index is 0.102. The van der Waals surface area contributed by atoms with Crippen LogP contribution in [0.1, 0.15) is 38.1 Å². The maximum Gasteiger partial charge on any atom is 0.244 e. The SMILES string of the molecule is CC(=Cc1cc(C(C)(C)C)cs1)[N+](=O)[O-]. The lowest BCUT2D eigenvalue weighted by molar-refractivity contribution is -0.422. The van der Waals surface area contributed by atoms with Crippen molar-refractivity contribution in [1.82, 2.24) is 0 Å². The van der Waals surface area contributed by atoms with Gasteiger partial charge in [-0.2, -0.15) is 0 Å². The summed E-state index contributed by atoms with van der Waals surface area (Å²) in [6.45, 7) is 7.89. The molecule has 0 aromatic carbocycles. The molecule has 0 aliphatic heterocycles. The summed E-state index contributed by atoms with van der Waals surface area (Å²) in [7, 11) is 0. The zero-order valence-corrected chi connectivity index (χ0v) is 10.2. The maximum absolute atomic E-state index is 10.4. The van der Waals surface area contributed by atoms with E-state index in [1.807, 2.05) is 6.07 Å². The van der Waals surface area contributed by atoms with Crippen molar-refractivity contribution in [3.63, 3.8) is 0 Å². The van der Waals surface area contributed by atoms with Crippen LogP contribution in [0.5, 0.6) is 0 Å². The molecule has 1 heterocycles. The number of allylic oxidation sites excluding steroid dienone is 1. The predicted molar refractivity (Wildman–Crippen MR) is 63.7 cm³/mol. The second kappa shape index (κ2) is 4.14. The van der Waals surface area contributed by atoms with Gasteiger partial charge < -0.3 is 0 Å². The Balaban J connectivity index is 2.96. The Labute approximate surface area is 93.6 Å². The van der Waals surface area contributed by atoms with Gasteiger partial charge in [0.05, 0.1) is 4.92 Å². The van der Waals surface area contributed by atoms with Crippen LogP contribution in [0.2, 0.25) is 0 Å². The summed E-state index contributed by atoms with van der Waals surface area (Å²) in [5.74, 6) is 0. The summed E-state index contributed by atoms with van der Waals surface area (Å²) < 4.78 is 0. The highest BCUT2D eigenvalue weighted by Crippen LogP contribution is 2.28. The lowest BCUT2D eigenvalue weighted by Gasteiger charge is -2.15. The number of nitro groups is 1. The molecule has 4 heteroatoms. The fourth-order valence-electron chi connectivity index (χ4n) is 1.08. The van der Waals surface area contributed by atoms with Crippen LogP contribution in [-0.4, -0.2) is 4.92 Å². The second-order valence-electron chi connectivity index (χ2n) is 4.53. The average Bonchev–Trinajstić information content (AvgIpc) is 2.51. The van der Waals surface area contributed by atoms with Gasteiger partial charge in [0, 0.05) is 17.9 Å². The molecule has 1 aromatic rings. The van der Waals surface area contributed by atoms with Gasteiger partial charge in [-0.3, -0.25) is 10.1 Å². The van der Waals surface area contributed by atoms with Gasteiger partial charge in [0.2, 0.25) is 5.70 Å². The standard InChI is InChI=1S/C11H15NO2S/c1-8(12(13)14)5-10-6-9(7-15-10)11(2,3)4/h5-7H,1-4H3. The topological polar surface area (TPSA) is 43.1 Å². The van der Waals surface area contributed by atoms with Gasteiger partial charge in [-0.05, 0) is 22.4 Å². The third kappa shape index (κ3) is 3.16. The Bertz CT molecular complexity index is 399. The third-order valence-electron chi connectivity index (χ3n) is 2.12. The lowest BCUT2D eigenvalue weighted by atomic mass is 9.89. The van der Waals surface area contributed by atoms with Crippen molar-refractivity contribution in [2.24, 2.45) is 0 Å². The molecule has 0 radical (unpaired) electrons. The molecular weight excluding hydrogens is 210 g/mol. The molecule has 0 unspecified atom stereocenters. The molecule has 0 saturated heterocycles. The minimum Gasteiger partial charge on any atom is -0.259 e. The quantitative estimate of drug-likeness (QED) is 0.569. The zero-order valence-electron chi connectivity index (χ0n) is 9.40. The Morgan fingerprint density at radius 3 is 2.53 bits per heavy atom. The first-order valence-corrected chi connectivity index (χ1v) is 5.60. The van der Waals surface area contributed by atoms with Crippen molar-refractivity contribution in [3.8, 4) is 0 Å². The molecule has 3 nitrogen and oxygen atoms in total. The van der Waals surface area contributed by atoms with Crippen LogP contribution >= 0.6 is 11.3 Å². The van der Waals surface area contributed by atoms with E-state index in [2.05, 4.69) is 26.2 Å². The number of hydrogen-bond donors (Lipinski definition) is 0. The van der Waals surface area contributed by atoms with E-state index in [0.717, 1.165) is 4.88 Å². The van der Waals surface area contributed by atoms with Crippen molar-refractivity contribution in [1.29, 1.82) is 0 Å². The summed E-state index contributed by atoms with van der Waals surface area (Å²) in [5, 5.41) is 12.5. The fraction of sp³-hybridized carbons (Fsp3) is 0.455. The number of rotatable bonds is 2. The molecule has 15 heavy (non-hydrogen) atoms. The Morgan fingerprint density at radius 1 is 1.53 bits per heavy atom. The highest BCUT2D eigenvalue weighted by molar-refractivity contribution is 7.11. The molecule has 0 aliphatic rings. The molecule has 0 amide bonds. The van der Waals surface area contributed by atoms with E-state index in [9.17, 15) is 10.1 Å². The molecular formula is C11H15NO2S. The van der Waals surface area contributed by atoms with Gasteiger partial charge >= 0.3 is 0 Å². The van der Waals surface area contributed by atoms with Crippen LogP contribution in [0.3, 0.4) is 0 Å². The van der Waals surface area contributed by atoms with Crippen LogP contribution < -0.4 is 0 Å². The summed E-state index contributed by atoms with van der Waals surface area (Å²) in [4.78, 5) is 11.0. The molecule has 0 N–H and O–H groups in total. The normalized spacial score (nSPS) is 12.9. The van der Waals surface area contributed by atoms with E-state index < -0.39 is 0 Å².